The van der Waals surface area contributed by atoms with Crippen LogP contribution in [-0.2, 0) is 0 Å². The number of Topliss-reactive ketones (excluding diaryl/α,β-unsaturated/α-hetero) is 1. The predicted molar refractivity (Wildman–Crippen MR) is 69.3 cm³/mol. The summed E-state index contributed by atoms with van der Waals surface area (Å²) in [6.45, 7) is 1.76. The molecule has 5 heteroatoms. The Balaban J connectivity index is 2.19. The molecule has 2 aromatic rings. The number of halogens is 2. The Hall–Kier alpha value is -1.75. The van der Waals surface area contributed by atoms with E-state index in [1.807, 2.05) is 0 Å². The first-order chi connectivity index (χ1) is 9.10. The molecule has 1 heterocycles. The Morgan fingerprint density at radius 1 is 1.26 bits per heavy atom. The van der Waals surface area contributed by atoms with Crippen molar-refractivity contribution in [3.05, 3.63) is 53.9 Å². The van der Waals surface area contributed by atoms with Crippen molar-refractivity contribution < 1.29 is 13.6 Å². The summed E-state index contributed by atoms with van der Waals surface area (Å²) < 4.78 is 26.5. The molecule has 0 amide bonds. The minimum absolute atomic E-state index is 0.0477. The van der Waals surface area contributed by atoms with Gasteiger partial charge in [0.05, 0.1) is 4.90 Å². The monoisotopic (exact) mass is 279 g/mol. The highest BCUT2D eigenvalue weighted by Gasteiger charge is 2.08. The molecule has 0 saturated heterocycles. The SMILES string of the molecule is CCC(=O)c1ccc(Sc2cc(F)ccc2F)cn1. The van der Waals surface area contributed by atoms with Gasteiger partial charge in [-0.05, 0) is 30.3 Å². The highest BCUT2D eigenvalue weighted by Crippen LogP contribution is 2.29. The van der Waals surface area contributed by atoms with Crippen molar-refractivity contribution in [2.24, 2.45) is 0 Å². The molecule has 0 atom stereocenters. The Labute approximate surface area is 113 Å². The van der Waals surface area contributed by atoms with Crippen LogP contribution in [0.1, 0.15) is 23.8 Å². The number of ketones is 1. The molecule has 0 saturated carbocycles. The summed E-state index contributed by atoms with van der Waals surface area (Å²) in [6.07, 6.45) is 1.87. The van der Waals surface area contributed by atoms with Gasteiger partial charge >= 0.3 is 0 Å². The Morgan fingerprint density at radius 2 is 2.05 bits per heavy atom. The molecule has 1 aromatic carbocycles. The Kier molecular flexibility index (Phi) is 4.27. The van der Waals surface area contributed by atoms with Crippen molar-refractivity contribution >= 4 is 17.5 Å². The van der Waals surface area contributed by atoms with Gasteiger partial charge in [-0.3, -0.25) is 9.78 Å². The second-order valence-electron chi connectivity index (χ2n) is 3.83. The van der Waals surface area contributed by atoms with Crippen LogP contribution in [0.5, 0.6) is 0 Å². The fraction of sp³-hybridized carbons (Fsp3) is 0.143. The molecule has 98 valence electrons. The van der Waals surface area contributed by atoms with E-state index in [2.05, 4.69) is 4.98 Å². The maximum absolute atomic E-state index is 13.5. The van der Waals surface area contributed by atoms with E-state index in [-0.39, 0.29) is 10.7 Å². The van der Waals surface area contributed by atoms with Crippen molar-refractivity contribution in [3.63, 3.8) is 0 Å². The third kappa shape index (κ3) is 3.38. The normalized spacial score (nSPS) is 10.5. The molecule has 0 bridgehead atoms. The average Bonchev–Trinajstić information content (AvgIpc) is 2.43. The zero-order chi connectivity index (χ0) is 13.8. The van der Waals surface area contributed by atoms with E-state index >= 15 is 0 Å². The number of benzene rings is 1. The summed E-state index contributed by atoms with van der Waals surface area (Å²) in [7, 11) is 0. The average molecular weight is 279 g/mol. The van der Waals surface area contributed by atoms with E-state index in [0.717, 1.165) is 30.0 Å². The number of carbonyl (C=O) groups is 1. The molecule has 0 aliphatic carbocycles. The molecule has 19 heavy (non-hydrogen) atoms. The Bertz CT molecular complexity index is 599. The number of hydrogen-bond donors (Lipinski definition) is 0. The van der Waals surface area contributed by atoms with Crippen molar-refractivity contribution in [1.82, 2.24) is 4.98 Å². The molecule has 0 unspecified atom stereocenters. The summed E-state index contributed by atoms with van der Waals surface area (Å²) >= 11 is 1.07. The topological polar surface area (TPSA) is 30.0 Å². The van der Waals surface area contributed by atoms with E-state index in [4.69, 9.17) is 0 Å². The van der Waals surface area contributed by atoms with Gasteiger partial charge in [0.15, 0.2) is 5.78 Å². The molecule has 0 aliphatic heterocycles. The van der Waals surface area contributed by atoms with Gasteiger partial charge in [0, 0.05) is 17.5 Å². The highest BCUT2D eigenvalue weighted by molar-refractivity contribution is 7.99. The molecular weight excluding hydrogens is 268 g/mol. The molecule has 1 aromatic heterocycles. The number of nitrogens with zero attached hydrogens (tertiary/aromatic N) is 1. The lowest BCUT2D eigenvalue weighted by atomic mass is 10.2. The van der Waals surface area contributed by atoms with Crippen LogP contribution in [0.15, 0.2) is 46.3 Å². The van der Waals surface area contributed by atoms with Crippen molar-refractivity contribution in [3.8, 4) is 0 Å². The first-order valence-corrected chi connectivity index (χ1v) is 6.54. The number of pyridine rings is 1. The fourth-order valence-electron chi connectivity index (χ4n) is 1.47. The molecule has 0 spiro atoms. The van der Waals surface area contributed by atoms with Crippen molar-refractivity contribution in [1.29, 1.82) is 0 Å². The Morgan fingerprint density at radius 3 is 2.68 bits per heavy atom. The van der Waals surface area contributed by atoms with Gasteiger partial charge in [-0.1, -0.05) is 18.7 Å². The molecule has 0 radical (unpaired) electrons. The largest absolute Gasteiger partial charge is 0.292 e. The second-order valence-corrected chi connectivity index (χ2v) is 4.95. The number of carbonyl (C=O) groups excluding carboxylic acids is 1. The molecule has 0 aliphatic rings. The van der Waals surface area contributed by atoms with E-state index in [0.29, 0.717) is 17.0 Å². The maximum atomic E-state index is 13.5. The van der Waals surface area contributed by atoms with Gasteiger partial charge < -0.3 is 0 Å². The van der Waals surface area contributed by atoms with Gasteiger partial charge in [-0.2, -0.15) is 0 Å². The summed E-state index contributed by atoms with van der Waals surface area (Å²) in [5.74, 6) is -1.02. The van der Waals surface area contributed by atoms with E-state index in [9.17, 15) is 13.6 Å². The minimum atomic E-state index is -0.491. The molecule has 2 rings (SSSR count). The summed E-state index contributed by atoms with van der Waals surface area (Å²) in [4.78, 5) is 16.3. The number of rotatable bonds is 4. The standard InChI is InChI=1S/C14H11F2NOS/c1-2-13(18)12-6-4-10(8-17-12)19-14-7-9(15)3-5-11(14)16/h3-8H,2H2,1H3. The third-order valence-corrected chi connectivity index (χ3v) is 3.47. The smallest absolute Gasteiger partial charge is 0.180 e. The van der Waals surface area contributed by atoms with Crippen LogP contribution in [0.3, 0.4) is 0 Å². The van der Waals surface area contributed by atoms with Crippen LogP contribution in [-0.4, -0.2) is 10.8 Å². The molecular formula is C14H11F2NOS. The zero-order valence-electron chi connectivity index (χ0n) is 10.2. The maximum Gasteiger partial charge on any atom is 0.180 e. The van der Waals surface area contributed by atoms with Crippen LogP contribution in [0.4, 0.5) is 8.78 Å². The van der Waals surface area contributed by atoms with Crippen LogP contribution >= 0.6 is 11.8 Å². The first kappa shape index (κ1) is 13.7. The quantitative estimate of drug-likeness (QED) is 0.789. The summed E-state index contributed by atoms with van der Waals surface area (Å²) in [6, 6.07) is 6.54. The van der Waals surface area contributed by atoms with Crippen LogP contribution in [0, 0.1) is 11.6 Å². The third-order valence-electron chi connectivity index (χ3n) is 2.46. The molecule has 0 fully saturated rings. The fourth-order valence-corrected chi connectivity index (χ4v) is 2.30. The summed E-state index contributed by atoms with van der Waals surface area (Å²) in [5, 5.41) is 0. The van der Waals surface area contributed by atoms with Gasteiger partial charge in [0.25, 0.3) is 0 Å². The molecule has 0 N–H and O–H groups in total. The second kappa shape index (κ2) is 5.93. The minimum Gasteiger partial charge on any atom is -0.292 e. The predicted octanol–water partition coefficient (Wildman–Crippen LogP) is 4.10. The van der Waals surface area contributed by atoms with E-state index in [1.54, 1.807) is 19.1 Å². The lowest BCUT2D eigenvalue weighted by Crippen LogP contribution is -1.99. The summed E-state index contributed by atoms with van der Waals surface area (Å²) in [5.41, 5.74) is 0.381. The highest BCUT2D eigenvalue weighted by atomic mass is 32.2. The zero-order valence-corrected chi connectivity index (χ0v) is 11.0. The lowest BCUT2D eigenvalue weighted by molar-refractivity contribution is 0.0983. The van der Waals surface area contributed by atoms with Gasteiger partial charge in [0.2, 0.25) is 0 Å². The van der Waals surface area contributed by atoms with Crippen LogP contribution < -0.4 is 0 Å². The van der Waals surface area contributed by atoms with Crippen molar-refractivity contribution in [2.45, 2.75) is 23.1 Å². The van der Waals surface area contributed by atoms with Crippen LogP contribution in [0.25, 0.3) is 0 Å². The first-order valence-electron chi connectivity index (χ1n) is 5.72. The number of hydrogen-bond acceptors (Lipinski definition) is 3. The van der Waals surface area contributed by atoms with Crippen molar-refractivity contribution in [2.75, 3.05) is 0 Å². The number of aromatic nitrogens is 1. The van der Waals surface area contributed by atoms with Crippen LogP contribution in [0.2, 0.25) is 0 Å². The van der Waals surface area contributed by atoms with Gasteiger partial charge in [-0.15, -0.1) is 0 Å². The van der Waals surface area contributed by atoms with Gasteiger partial charge in [0.1, 0.15) is 17.3 Å². The molecule has 2 nitrogen and oxygen atoms in total. The van der Waals surface area contributed by atoms with E-state index < -0.39 is 11.6 Å². The lowest BCUT2D eigenvalue weighted by Gasteiger charge is -2.04. The van der Waals surface area contributed by atoms with E-state index in [1.165, 1.54) is 6.20 Å². The van der Waals surface area contributed by atoms with Gasteiger partial charge in [-0.25, -0.2) is 8.78 Å².